The lowest BCUT2D eigenvalue weighted by Gasteiger charge is -2.59. The van der Waals surface area contributed by atoms with E-state index in [1.165, 1.54) is 6.92 Å². The lowest BCUT2D eigenvalue weighted by atomic mass is 9.45. The minimum absolute atomic E-state index is 0.0490. The highest BCUT2D eigenvalue weighted by Crippen LogP contribution is 2.65. The molecule has 5 rings (SSSR count). The van der Waals surface area contributed by atoms with E-state index >= 15 is 0 Å². The molecule has 4 fully saturated rings. The maximum atomic E-state index is 13.6. The molecule has 0 radical (unpaired) electrons. The first-order chi connectivity index (χ1) is 15.7. The molecule has 0 aromatic heterocycles. The third kappa shape index (κ3) is 3.72. The van der Waals surface area contributed by atoms with E-state index in [9.17, 15) is 14.4 Å². The minimum atomic E-state index is -0.254. The molecule has 0 saturated heterocycles. The second-order valence-corrected chi connectivity index (χ2v) is 11.5. The fraction of sp³-hybridized carbons (Fsp3) is 0.679. The summed E-state index contributed by atoms with van der Waals surface area (Å²) in [6.45, 7) is 6.11. The summed E-state index contributed by atoms with van der Waals surface area (Å²) in [6, 6.07) is 9.20. The highest BCUT2D eigenvalue weighted by Gasteiger charge is 2.63. The molecule has 4 aliphatic carbocycles. The third-order valence-corrected chi connectivity index (χ3v) is 9.93. The lowest BCUT2D eigenvalue weighted by molar-refractivity contribution is -0.168. The predicted molar refractivity (Wildman–Crippen MR) is 123 cm³/mol. The Labute approximate surface area is 196 Å². The van der Waals surface area contributed by atoms with Gasteiger partial charge >= 0.3 is 11.9 Å². The molecule has 33 heavy (non-hydrogen) atoms. The Kier molecular flexibility index (Phi) is 5.65. The summed E-state index contributed by atoms with van der Waals surface area (Å²) in [7, 11) is 0. The Bertz CT molecular complexity index is 941. The van der Waals surface area contributed by atoms with E-state index < -0.39 is 0 Å². The smallest absolute Gasteiger partial charge is 0.338 e. The molecule has 8 atom stereocenters. The standard InChI is InChI=1S/C28H36O5/c1-17(29)32-20-11-13-27(2)19(15-20)16-23(30)25-21-9-10-24(28(21,3)14-12-22(25)27)33-26(31)18-7-5-4-6-8-18/h4-8,19-22,24-25H,9-16H2,1-3H3/t19-,20+,21-,22-,24-,25-,27+,28+/m1/s1. The quantitative estimate of drug-likeness (QED) is 0.577. The average Bonchev–Trinajstić information content (AvgIpc) is 3.11. The van der Waals surface area contributed by atoms with Gasteiger partial charge in [0.15, 0.2) is 0 Å². The summed E-state index contributed by atoms with van der Waals surface area (Å²) in [5, 5.41) is 0. The fourth-order valence-electron chi connectivity index (χ4n) is 8.15. The van der Waals surface area contributed by atoms with Gasteiger partial charge in [-0.1, -0.05) is 32.0 Å². The van der Waals surface area contributed by atoms with E-state index in [0.29, 0.717) is 29.6 Å². The Balaban J connectivity index is 1.34. The molecule has 0 unspecified atom stereocenters. The molecule has 0 bridgehead atoms. The van der Waals surface area contributed by atoms with Crippen molar-refractivity contribution in [3.63, 3.8) is 0 Å². The van der Waals surface area contributed by atoms with Crippen molar-refractivity contribution in [2.24, 2.45) is 34.5 Å². The molecule has 0 heterocycles. The summed E-state index contributed by atoms with van der Waals surface area (Å²) in [5.74, 6) is 0.925. The van der Waals surface area contributed by atoms with Crippen molar-refractivity contribution < 1.29 is 23.9 Å². The Morgan fingerprint density at radius 3 is 2.33 bits per heavy atom. The molecule has 0 aliphatic heterocycles. The zero-order chi connectivity index (χ0) is 23.4. The summed E-state index contributed by atoms with van der Waals surface area (Å²) in [6.07, 6.45) is 6.92. The Hall–Kier alpha value is -2.17. The van der Waals surface area contributed by atoms with Gasteiger partial charge < -0.3 is 9.47 Å². The molecule has 1 aromatic carbocycles. The summed E-state index contributed by atoms with van der Waals surface area (Å²) in [4.78, 5) is 37.8. The van der Waals surface area contributed by atoms with Crippen molar-refractivity contribution in [3.05, 3.63) is 35.9 Å². The van der Waals surface area contributed by atoms with Gasteiger partial charge in [-0.2, -0.15) is 0 Å². The van der Waals surface area contributed by atoms with Gasteiger partial charge in [0.1, 0.15) is 18.0 Å². The monoisotopic (exact) mass is 452 g/mol. The number of hydrogen-bond acceptors (Lipinski definition) is 5. The normalized spacial score (nSPS) is 42.0. The van der Waals surface area contributed by atoms with Crippen LogP contribution in [0.4, 0.5) is 0 Å². The van der Waals surface area contributed by atoms with Gasteiger partial charge in [-0.15, -0.1) is 0 Å². The van der Waals surface area contributed by atoms with E-state index in [4.69, 9.17) is 9.47 Å². The van der Waals surface area contributed by atoms with Crippen LogP contribution in [0.2, 0.25) is 0 Å². The van der Waals surface area contributed by atoms with E-state index in [1.807, 2.05) is 18.2 Å². The van der Waals surface area contributed by atoms with Gasteiger partial charge in [0.2, 0.25) is 0 Å². The molecule has 4 aliphatic rings. The Morgan fingerprint density at radius 1 is 0.909 bits per heavy atom. The van der Waals surface area contributed by atoms with Crippen molar-refractivity contribution in [1.29, 1.82) is 0 Å². The molecule has 178 valence electrons. The maximum absolute atomic E-state index is 13.6. The Morgan fingerprint density at radius 2 is 1.61 bits per heavy atom. The largest absolute Gasteiger partial charge is 0.463 e. The topological polar surface area (TPSA) is 69.7 Å². The van der Waals surface area contributed by atoms with Crippen LogP contribution in [-0.4, -0.2) is 29.9 Å². The van der Waals surface area contributed by atoms with Crippen LogP contribution >= 0.6 is 0 Å². The first-order valence-corrected chi connectivity index (χ1v) is 12.7. The summed E-state index contributed by atoms with van der Waals surface area (Å²) < 4.78 is 11.6. The third-order valence-electron chi connectivity index (χ3n) is 9.93. The van der Waals surface area contributed by atoms with Gasteiger partial charge in [0.05, 0.1) is 5.56 Å². The number of fused-ring (bicyclic) bond motifs is 5. The lowest BCUT2D eigenvalue weighted by Crippen LogP contribution is -2.58. The van der Waals surface area contributed by atoms with Crippen LogP contribution in [0.25, 0.3) is 0 Å². The van der Waals surface area contributed by atoms with E-state index in [0.717, 1.165) is 44.9 Å². The van der Waals surface area contributed by atoms with Crippen LogP contribution in [0.5, 0.6) is 0 Å². The highest BCUT2D eigenvalue weighted by molar-refractivity contribution is 5.89. The summed E-state index contributed by atoms with van der Waals surface area (Å²) >= 11 is 0. The zero-order valence-corrected chi connectivity index (χ0v) is 20.0. The van der Waals surface area contributed by atoms with Gasteiger partial charge in [0, 0.05) is 24.7 Å². The van der Waals surface area contributed by atoms with Crippen LogP contribution in [0.1, 0.15) is 82.5 Å². The molecule has 5 nitrogen and oxygen atoms in total. The van der Waals surface area contributed by atoms with Crippen LogP contribution in [0.3, 0.4) is 0 Å². The number of Topliss-reactive ketones (excluding diaryl/α,β-unsaturated/α-hetero) is 1. The van der Waals surface area contributed by atoms with Gasteiger partial charge in [-0.3, -0.25) is 9.59 Å². The molecule has 0 spiro atoms. The number of hydrogen-bond donors (Lipinski definition) is 0. The summed E-state index contributed by atoms with van der Waals surface area (Å²) in [5.41, 5.74) is 0.571. The molecule has 0 N–H and O–H groups in total. The van der Waals surface area contributed by atoms with Gasteiger partial charge in [0.25, 0.3) is 0 Å². The highest BCUT2D eigenvalue weighted by atomic mass is 16.5. The number of ketones is 1. The van der Waals surface area contributed by atoms with E-state index in [2.05, 4.69) is 13.8 Å². The molecule has 1 aromatic rings. The molecule has 5 heteroatoms. The first-order valence-electron chi connectivity index (χ1n) is 12.7. The number of benzene rings is 1. The number of esters is 2. The van der Waals surface area contributed by atoms with Crippen molar-refractivity contribution in [1.82, 2.24) is 0 Å². The van der Waals surface area contributed by atoms with Crippen LogP contribution in [0, 0.1) is 34.5 Å². The van der Waals surface area contributed by atoms with Crippen molar-refractivity contribution in [2.45, 2.75) is 84.3 Å². The zero-order valence-electron chi connectivity index (χ0n) is 20.0. The second-order valence-electron chi connectivity index (χ2n) is 11.5. The predicted octanol–water partition coefficient (Wildman–Crippen LogP) is 5.37. The SMILES string of the molecule is CC(=O)O[C@H]1CC[C@@]2(C)[C@@H](CC(=O)[C@H]3[C@H]2CC[C@@]2(C)[C@@H]3CC[C@H]2OC(=O)c2ccccc2)C1. The minimum Gasteiger partial charge on any atom is -0.463 e. The van der Waals surface area contributed by atoms with Crippen LogP contribution < -0.4 is 0 Å². The van der Waals surface area contributed by atoms with Gasteiger partial charge in [-0.05, 0) is 80.2 Å². The van der Waals surface area contributed by atoms with E-state index in [-0.39, 0.29) is 46.8 Å². The van der Waals surface area contributed by atoms with Crippen molar-refractivity contribution in [3.8, 4) is 0 Å². The fourth-order valence-corrected chi connectivity index (χ4v) is 8.15. The number of ether oxygens (including phenoxy) is 2. The van der Waals surface area contributed by atoms with E-state index in [1.54, 1.807) is 12.1 Å². The van der Waals surface area contributed by atoms with Gasteiger partial charge in [-0.25, -0.2) is 4.79 Å². The molecule has 0 amide bonds. The molecular weight excluding hydrogens is 416 g/mol. The average molecular weight is 453 g/mol. The second kappa shape index (κ2) is 8.25. The molecular formula is C28H36O5. The van der Waals surface area contributed by atoms with Crippen molar-refractivity contribution >= 4 is 17.7 Å². The number of rotatable bonds is 3. The maximum Gasteiger partial charge on any atom is 0.338 e. The first kappa shape index (κ1) is 22.6. The number of carbonyl (C=O) groups excluding carboxylic acids is 3. The van der Waals surface area contributed by atoms with Crippen LogP contribution in [0.15, 0.2) is 30.3 Å². The molecule has 4 saturated carbocycles. The van der Waals surface area contributed by atoms with Crippen molar-refractivity contribution in [2.75, 3.05) is 0 Å². The van der Waals surface area contributed by atoms with Crippen LogP contribution in [-0.2, 0) is 19.1 Å². The number of carbonyl (C=O) groups is 3.